The maximum atomic E-state index is 13.1. The highest BCUT2D eigenvalue weighted by molar-refractivity contribution is 5.87. The Morgan fingerprint density at radius 3 is 2.50 bits per heavy atom. The fraction of sp³-hybridized carbons (Fsp3) is 0.389. The van der Waals surface area contributed by atoms with E-state index in [-0.39, 0.29) is 5.82 Å². The summed E-state index contributed by atoms with van der Waals surface area (Å²) in [5.74, 6) is 0.570. The third-order valence-electron chi connectivity index (χ3n) is 4.63. The van der Waals surface area contributed by atoms with Gasteiger partial charge in [0.25, 0.3) is 0 Å². The summed E-state index contributed by atoms with van der Waals surface area (Å²) in [4.78, 5) is 8.78. The van der Waals surface area contributed by atoms with Gasteiger partial charge < -0.3 is 5.32 Å². The quantitative estimate of drug-likeness (QED) is 0.737. The molecule has 1 saturated carbocycles. The van der Waals surface area contributed by atoms with Crippen molar-refractivity contribution in [3.8, 4) is 5.69 Å². The third kappa shape index (κ3) is 2.96. The zero-order valence-corrected chi connectivity index (χ0v) is 13.5. The summed E-state index contributed by atoms with van der Waals surface area (Å²) in [5.41, 5.74) is 1.51. The number of nitrogens with one attached hydrogen (secondary N) is 1. The van der Waals surface area contributed by atoms with Crippen LogP contribution >= 0.6 is 0 Å². The van der Waals surface area contributed by atoms with Crippen LogP contribution in [-0.4, -0.2) is 25.8 Å². The van der Waals surface area contributed by atoms with Gasteiger partial charge in [0.2, 0.25) is 0 Å². The Bertz CT molecular complexity index is 819. The van der Waals surface area contributed by atoms with E-state index in [1.807, 2.05) is 0 Å². The Kier molecular flexibility index (Phi) is 4.11. The van der Waals surface area contributed by atoms with Crippen molar-refractivity contribution in [1.82, 2.24) is 19.7 Å². The number of halogens is 1. The molecule has 1 aliphatic rings. The number of hydrogen-bond donors (Lipinski definition) is 1. The highest BCUT2D eigenvalue weighted by Crippen LogP contribution is 2.25. The van der Waals surface area contributed by atoms with Crippen molar-refractivity contribution in [1.29, 1.82) is 0 Å². The van der Waals surface area contributed by atoms with Gasteiger partial charge in [-0.05, 0) is 37.1 Å². The minimum Gasteiger partial charge on any atom is -0.367 e. The molecule has 24 heavy (non-hydrogen) atoms. The van der Waals surface area contributed by atoms with Crippen molar-refractivity contribution < 1.29 is 4.39 Å². The summed E-state index contributed by atoms with van der Waals surface area (Å²) in [6.45, 7) is 0. The summed E-state index contributed by atoms with van der Waals surface area (Å²) in [5, 5.41) is 8.89. The highest BCUT2D eigenvalue weighted by atomic mass is 19.1. The van der Waals surface area contributed by atoms with Crippen LogP contribution in [0.5, 0.6) is 0 Å². The first-order valence-corrected chi connectivity index (χ1v) is 8.52. The van der Waals surface area contributed by atoms with Crippen LogP contribution in [0.3, 0.4) is 0 Å². The number of hydrogen-bond acceptors (Lipinski definition) is 4. The maximum absolute atomic E-state index is 13.1. The zero-order chi connectivity index (χ0) is 16.4. The average Bonchev–Trinajstić information content (AvgIpc) is 2.87. The van der Waals surface area contributed by atoms with Gasteiger partial charge in [-0.25, -0.2) is 19.0 Å². The van der Waals surface area contributed by atoms with E-state index in [1.165, 1.54) is 50.7 Å². The molecule has 0 saturated heterocycles. The van der Waals surface area contributed by atoms with Gasteiger partial charge in [0.15, 0.2) is 5.65 Å². The van der Waals surface area contributed by atoms with Crippen molar-refractivity contribution in [2.45, 2.75) is 44.6 Å². The summed E-state index contributed by atoms with van der Waals surface area (Å²) in [6.07, 6.45) is 10.9. The minimum atomic E-state index is -0.263. The van der Waals surface area contributed by atoms with Crippen LogP contribution in [0.25, 0.3) is 16.7 Å². The molecular weight excluding hydrogens is 305 g/mol. The summed E-state index contributed by atoms with van der Waals surface area (Å²) in [7, 11) is 0. The fourth-order valence-corrected chi connectivity index (χ4v) is 3.35. The van der Waals surface area contributed by atoms with Gasteiger partial charge in [0.1, 0.15) is 18.0 Å². The molecule has 0 radical (unpaired) electrons. The third-order valence-corrected chi connectivity index (χ3v) is 4.63. The monoisotopic (exact) mass is 325 g/mol. The molecule has 6 heteroatoms. The van der Waals surface area contributed by atoms with Crippen molar-refractivity contribution in [2.24, 2.45) is 0 Å². The van der Waals surface area contributed by atoms with E-state index in [9.17, 15) is 4.39 Å². The second-order valence-corrected chi connectivity index (χ2v) is 6.33. The molecule has 124 valence electrons. The van der Waals surface area contributed by atoms with E-state index in [1.54, 1.807) is 29.3 Å². The number of aromatic nitrogens is 4. The molecule has 0 bridgehead atoms. The number of benzene rings is 1. The summed E-state index contributed by atoms with van der Waals surface area (Å²) in [6, 6.07) is 6.70. The molecule has 4 rings (SSSR count). The van der Waals surface area contributed by atoms with E-state index in [0.717, 1.165) is 22.5 Å². The standard InChI is InChI=1S/C18H20FN5/c19-13-7-9-15(10-8-13)24-18-16(11-22-24)17(20-12-21-18)23-14-5-3-1-2-4-6-14/h7-12,14H,1-6H2,(H,20,21,23). The van der Waals surface area contributed by atoms with Crippen LogP contribution in [-0.2, 0) is 0 Å². The molecule has 1 aromatic carbocycles. The van der Waals surface area contributed by atoms with E-state index in [0.29, 0.717) is 6.04 Å². The van der Waals surface area contributed by atoms with E-state index in [4.69, 9.17) is 0 Å². The Morgan fingerprint density at radius 2 is 1.75 bits per heavy atom. The van der Waals surface area contributed by atoms with Gasteiger partial charge in [-0.2, -0.15) is 5.10 Å². The van der Waals surface area contributed by atoms with Gasteiger partial charge >= 0.3 is 0 Å². The molecule has 2 heterocycles. The number of fused-ring (bicyclic) bond motifs is 1. The van der Waals surface area contributed by atoms with Crippen LogP contribution in [0.1, 0.15) is 38.5 Å². The molecule has 0 amide bonds. The normalized spacial score (nSPS) is 16.2. The molecule has 1 aliphatic carbocycles. The van der Waals surface area contributed by atoms with Gasteiger partial charge in [-0.1, -0.05) is 25.7 Å². The molecule has 0 aliphatic heterocycles. The van der Waals surface area contributed by atoms with Crippen LogP contribution in [0.15, 0.2) is 36.8 Å². The highest BCUT2D eigenvalue weighted by Gasteiger charge is 2.16. The lowest BCUT2D eigenvalue weighted by Gasteiger charge is -2.17. The van der Waals surface area contributed by atoms with E-state index >= 15 is 0 Å². The Hall–Kier alpha value is -2.50. The van der Waals surface area contributed by atoms with Gasteiger partial charge in [0, 0.05) is 6.04 Å². The summed E-state index contributed by atoms with van der Waals surface area (Å²) >= 11 is 0. The van der Waals surface area contributed by atoms with Gasteiger partial charge in [-0.15, -0.1) is 0 Å². The Balaban J connectivity index is 1.67. The molecule has 2 aromatic heterocycles. The van der Waals surface area contributed by atoms with E-state index in [2.05, 4.69) is 20.4 Å². The second-order valence-electron chi connectivity index (χ2n) is 6.33. The number of anilines is 1. The Morgan fingerprint density at radius 1 is 1.00 bits per heavy atom. The predicted molar refractivity (Wildman–Crippen MR) is 91.7 cm³/mol. The largest absolute Gasteiger partial charge is 0.367 e. The first-order chi connectivity index (χ1) is 11.8. The van der Waals surface area contributed by atoms with Crippen molar-refractivity contribution in [3.05, 3.63) is 42.6 Å². The first kappa shape index (κ1) is 15.1. The molecule has 1 N–H and O–H groups in total. The molecule has 5 nitrogen and oxygen atoms in total. The Labute approximate surface area is 139 Å². The van der Waals surface area contributed by atoms with Crippen molar-refractivity contribution in [3.63, 3.8) is 0 Å². The van der Waals surface area contributed by atoms with Crippen LogP contribution in [0.2, 0.25) is 0 Å². The van der Waals surface area contributed by atoms with Crippen LogP contribution in [0, 0.1) is 5.82 Å². The van der Waals surface area contributed by atoms with Crippen LogP contribution < -0.4 is 5.32 Å². The smallest absolute Gasteiger partial charge is 0.168 e. The lowest BCUT2D eigenvalue weighted by molar-refractivity contribution is 0.618. The average molecular weight is 325 g/mol. The first-order valence-electron chi connectivity index (χ1n) is 8.52. The minimum absolute atomic E-state index is 0.263. The van der Waals surface area contributed by atoms with Gasteiger partial charge in [-0.3, -0.25) is 0 Å². The lowest BCUT2D eigenvalue weighted by atomic mass is 10.1. The molecule has 3 aromatic rings. The number of nitrogens with zero attached hydrogens (tertiary/aromatic N) is 4. The van der Waals surface area contributed by atoms with Gasteiger partial charge in [0.05, 0.1) is 17.3 Å². The predicted octanol–water partition coefficient (Wildman–Crippen LogP) is 4.09. The topological polar surface area (TPSA) is 55.6 Å². The molecular formula is C18H20FN5. The molecule has 0 atom stereocenters. The van der Waals surface area contributed by atoms with E-state index < -0.39 is 0 Å². The summed E-state index contributed by atoms with van der Waals surface area (Å²) < 4.78 is 14.9. The lowest BCUT2D eigenvalue weighted by Crippen LogP contribution is -2.19. The second kappa shape index (κ2) is 6.55. The van der Waals surface area contributed by atoms with Crippen LogP contribution in [0.4, 0.5) is 10.2 Å². The SMILES string of the molecule is Fc1ccc(-n2ncc3c(NC4CCCCCC4)ncnc32)cc1. The number of rotatable bonds is 3. The van der Waals surface area contributed by atoms with Crippen molar-refractivity contribution >= 4 is 16.9 Å². The molecule has 1 fully saturated rings. The molecule has 0 spiro atoms. The molecule has 0 unspecified atom stereocenters. The fourth-order valence-electron chi connectivity index (χ4n) is 3.35. The zero-order valence-electron chi connectivity index (χ0n) is 13.5. The maximum Gasteiger partial charge on any atom is 0.168 e. The van der Waals surface area contributed by atoms with Crippen molar-refractivity contribution in [2.75, 3.05) is 5.32 Å².